The fourth-order valence-electron chi connectivity index (χ4n) is 8.47. The number of hydrogen-bond acceptors (Lipinski definition) is 2. The highest BCUT2D eigenvalue weighted by Crippen LogP contribution is 2.55. The molecule has 0 unspecified atom stereocenters. The zero-order chi connectivity index (χ0) is 32.7. The summed E-state index contributed by atoms with van der Waals surface area (Å²) in [6, 6.07) is 59.4. The van der Waals surface area contributed by atoms with Gasteiger partial charge in [0.1, 0.15) is 11.2 Å². The fraction of sp³-hybridized carbons (Fsp3) is 0.0638. The van der Waals surface area contributed by atoms with E-state index in [1.807, 2.05) is 0 Å². The van der Waals surface area contributed by atoms with Gasteiger partial charge in [0.2, 0.25) is 0 Å². The van der Waals surface area contributed by atoms with Crippen LogP contribution in [0.15, 0.2) is 168 Å². The van der Waals surface area contributed by atoms with Crippen LogP contribution < -0.4 is 4.90 Å². The lowest BCUT2D eigenvalue weighted by molar-refractivity contribution is 0.661. The highest BCUT2D eigenvalue weighted by molar-refractivity contribution is 6.20. The smallest absolute Gasteiger partial charge is 0.143 e. The first-order valence-corrected chi connectivity index (χ1v) is 17.0. The van der Waals surface area contributed by atoms with Crippen LogP contribution in [0.3, 0.4) is 0 Å². The van der Waals surface area contributed by atoms with Gasteiger partial charge in [-0.25, -0.2) is 0 Å². The van der Waals surface area contributed by atoms with Crippen molar-refractivity contribution in [1.82, 2.24) is 0 Å². The second-order valence-electron chi connectivity index (χ2n) is 13.7. The van der Waals surface area contributed by atoms with Crippen molar-refractivity contribution in [2.24, 2.45) is 0 Å². The standard InChI is InChI=1S/C47H33NO/c1-47(2)39-23-9-7-19-34(39)37-22-12-26-42(45(37)47)48(40-25-11-16-30-14-3-5-17-32(30)40)41-24-10-8-20-35(41)36-21-13-27-43-44(36)38-29-28-31-15-4-6-18-33(31)46(38)49-43/h3-29H,1-2H3. The van der Waals surface area contributed by atoms with Crippen molar-refractivity contribution in [3.63, 3.8) is 0 Å². The van der Waals surface area contributed by atoms with Gasteiger partial charge in [-0.2, -0.15) is 0 Å². The van der Waals surface area contributed by atoms with Gasteiger partial charge in [0.25, 0.3) is 0 Å². The minimum atomic E-state index is -0.192. The van der Waals surface area contributed by atoms with Gasteiger partial charge in [0.15, 0.2) is 0 Å². The Morgan fingerprint density at radius 1 is 0.429 bits per heavy atom. The summed E-state index contributed by atoms with van der Waals surface area (Å²) in [4.78, 5) is 2.51. The summed E-state index contributed by atoms with van der Waals surface area (Å²) < 4.78 is 6.67. The van der Waals surface area contributed by atoms with E-state index < -0.39 is 0 Å². The average Bonchev–Trinajstić information content (AvgIpc) is 3.65. The first-order valence-electron chi connectivity index (χ1n) is 17.0. The normalized spacial score (nSPS) is 13.3. The van der Waals surface area contributed by atoms with Gasteiger partial charge in [-0.05, 0) is 68.9 Å². The van der Waals surface area contributed by atoms with E-state index in [4.69, 9.17) is 4.42 Å². The highest BCUT2D eigenvalue weighted by atomic mass is 16.3. The Balaban J connectivity index is 1.30. The monoisotopic (exact) mass is 627 g/mol. The van der Waals surface area contributed by atoms with Crippen molar-refractivity contribution in [2.75, 3.05) is 4.90 Å². The number of fused-ring (bicyclic) bond motifs is 9. The van der Waals surface area contributed by atoms with Crippen LogP contribution in [0.4, 0.5) is 17.1 Å². The summed E-state index contributed by atoms with van der Waals surface area (Å²) in [7, 11) is 0. The van der Waals surface area contributed by atoms with Crippen LogP contribution in [-0.4, -0.2) is 0 Å². The highest BCUT2D eigenvalue weighted by Gasteiger charge is 2.39. The van der Waals surface area contributed by atoms with Crippen LogP contribution in [0.2, 0.25) is 0 Å². The molecule has 0 aliphatic heterocycles. The minimum Gasteiger partial charge on any atom is -0.455 e. The van der Waals surface area contributed by atoms with E-state index in [1.54, 1.807) is 0 Å². The molecule has 0 saturated carbocycles. The Bertz CT molecular complexity index is 2760. The SMILES string of the molecule is CC1(C)c2ccccc2-c2cccc(N(c3ccccc3-c3cccc4oc5c6ccccc6ccc5c34)c3cccc4ccccc34)c21. The largest absolute Gasteiger partial charge is 0.455 e. The third kappa shape index (κ3) is 4.01. The molecule has 1 aromatic heterocycles. The summed E-state index contributed by atoms with van der Waals surface area (Å²) >= 11 is 0. The second kappa shape index (κ2) is 10.4. The molecule has 1 aliphatic rings. The van der Waals surface area contributed by atoms with Gasteiger partial charge >= 0.3 is 0 Å². The van der Waals surface area contributed by atoms with Crippen molar-refractivity contribution >= 4 is 60.5 Å². The zero-order valence-electron chi connectivity index (χ0n) is 27.4. The van der Waals surface area contributed by atoms with Crippen LogP contribution in [0.1, 0.15) is 25.0 Å². The Labute approximate surface area is 285 Å². The van der Waals surface area contributed by atoms with Crippen LogP contribution in [0.5, 0.6) is 0 Å². The number of nitrogens with zero attached hydrogens (tertiary/aromatic N) is 1. The van der Waals surface area contributed by atoms with Crippen molar-refractivity contribution in [3.8, 4) is 22.3 Å². The minimum absolute atomic E-state index is 0.192. The average molecular weight is 628 g/mol. The molecule has 0 saturated heterocycles. The van der Waals surface area contributed by atoms with E-state index in [2.05, 4.69) is 183 Å². The number of para-hydroxylation sites is 1. The second-order valence-corrected chi connectivity index (χ2v) is 13.7. The molecule has 0 atom stereocenters. The lowest BCUT2D eigenvalue weighted by atomic mass is 9.81. The van der Waals surface area contributed by atoms with Gasteiger partial charge in [0, 0.05) is 32.5 Å². The molecule has 0 N–H and O–H groups in total. The Hall–Kier alpha value is -6.12. The van der Waals surface area contributed by atoms with Crippen LogP contribution in [0.25, 0.3) is 65.7 Å². The molecular formula is C47H33NO. The zero-order valence-corrected chi connectivity index (χ0v) is 27.4. The van der Waals surface area contributed by atoms with E-state index in [0.717, 1.165) is 49.8 Å². The fourth-order valence-corrected chi connectivity index (χ4v) is 8.47. The van der Waals surface area contributed by atoms with Crippen molar-refractivity contribution in [1.29, 1.82) is 0 Å². The molecule has 0 radical (unpaired) electrons. The van der Waals surface area contributed by atoms with Crippen molar-refractivity contribution in [3.05, 3.63) is 175 Å². The molecule has 10 rings (SSSR count). The van der Waals surface area contributed by atoms with Crippen LogP contribution in [0, 0.1) is 0 Å². The lowest BCUT2D eigenvalue weighted by Crippen LogP contribution is -2.21. The van der Waals surface area contributed by atoms with Crippen molar-refractivity contribution < 1.29 is 4.42 Å². The molecule has 0 spiro atoms. The molecule has 49 heavy (non-hydrogen) atoms. The number of furan rings is 1. The molecule has 0 bridgehead atoms. The number of benzene rings is 8. The first-order chi connectivity index (χ1) is 24.1. The number of hydrogen-bond donors (Lipinski definition) is 0. The van der Waals surface area contributed by atoms with Gasteiger partial charge in [0.05, 0.1) is 17.1 Å². The molecule has 2 heteroatoms. The summed E-state index contributed by atoms with van der Waals surface area (Å²) in [5.74, 6) is 0. The number of rotatable bonds is 4. The predicted octanol–water partition coefficient (Wildman–Crippen LogP) is 13.3. The summed E-state index contributed by atoms with van der Waals surface area (Å²) in [6.45, 7) is 4.74. The summed E-state index contributed by atoms with van der Waals surface area (Å²) in [5.41, 5.74) is 12.8. The molecule has 8 aromatic carbocycles. The van der Waals surface area contributed by atoms with Gasteiger partial charge < -0.3 is 9.32 Å². The molecule has 0 fully saturated rings. The summed E-state index contributed by atoms with van der Waals surface area (Å²) in [6.07, 6.45) is 0. The molecule has 0 amide bonds. The van der Waals surface area contributed by atoms with Crippen LogP contribution >= 0.6 is 0 Å². The summed E-state index contributed by atoms with van der Waals surface area (Å²) in [5, 5.41) is 7.01. The van der Waals surface area contributed by atoms with E-state index in [-0.39, 0.29) is 5.41 Å². The van der Waals surface area contributed by atoms with E-state index in [1.165, 1.54) is 44.1 Å². The molecule has 9 aromatic rings. The van der Waals surface area contributed by atoms with Gasteiger partial charge in [-0.15, -0.1) is 0 Å². The molecule has 232 valence electrons. The maximum absolute atomic E-state index is 6.67. The Morgan fingerprint density at radius 3 is 1.90 bits per heavy atom. The molecular weight excluding hydrogens is 595 g/mol. The van der Waals surface area contributed by atoms with Crippen LogP contribution in [-0.2, 0) is 5.41 Å². The third-order valence-electron chi connectivity index (χ3n) is 10.6. The maximum atomic E-state index is 6.67. The quantitative estimate of drug-likeness (QED) is 0.193. The van der Waals surface area contributed by atoms with E-state index in [0.29, 0.717) is 0 Å². The molecule has 1 heterocycles. The number of anilines is 3. The Kier molecular flexibility index (Phi) is 5.95. The third-order valence-corrected chi connectivity index (χ3v) is 10.6. The maximum Gasteiger partial charge on any atom is 0.143 e. The lowest BCUT2D eigenvalue weighted by Gasteiger charge is -2.34. The van der Waals surface area contributed by atoms with E-state index in [9.17, 15) is 0 Å². The predicted molar refractivity (Wildman–Crippen MR) is 206 cm³/mol. The van der Waals surface area contributed by atoms with Crippen molar-refractivity contribution in [2.45, 2.75) is 19.3 Å². The van der Waals surface area contributed by atoms with Gasteiger partial charge in [-0.1, -0.05) is 147 Å². The molecule has 2 nitrogen and oxygen atoms in total. The topological polar surface area (TPSA) is 16.4 Å². The Morgan fingerprint density at radius 2 is 1.02 bits per heavy atom. The first kappa shape index (κ1) is 27.9. The molecule has 1 aliphatic carbocycles. The van der Waals surface area contributed by atoms with Gasteiger partial charge in [-0.3, -0.25) is 0 Å². The van der Waals surface area contributed by atoms with E-state index >= 15 is 0 Å².